The number of anilines is 4. The second-order valence-electron chi connectivity index (χ2n) is 8.11. The zero-order valence-electron chi connectivity index (χ0n) is 19.3. The summed E-state index contributed by atoms with van der Waals surface area (Å²) in [5.41, 5.74) is 4.24. The number of carbonyl (C=O) groups is 1. The SMILES string of the molecule is COc1cc2ncnc(Nc3ccc4c(c3)CCCN4C(=O)Nc3cccc(Cl)c3)c2cc1OC. The van der Waals surface area contributed by atoms with E-state index in [1.165, 1.54) is 6.33 Å². The van der Waals surface area contributed by atoms with Crippen LogP contribution in [0.25, 0.3) is 10.9 Å². The summed E-state index contributed by atoms with van der Waals surface area (Å²) in [5, 5.41) is 7.72. The lowest BCUT2D eigenvalue weighted by atomic mass is 10.0. The van der Waals surface area contributed by atoms with Crippen LogP contribution in [0.1, 0.15) is 12.0 Å². The van der Waals surface area contributed by atoms with Crippen LogP contribution in [0.4, 0.5) is 27.7 Å². The van der Waals surface area contributed by atoms with Gasteiger partial charge in [0, 0.05) is 40.1 Å². The summed E-state index contributed by atoms with van der Waals surface area (Å²) in [6.07, 6.45) is 3.26. The molecule has 2 heterocycles. The van der Waals surface area contributed by atoms with Crippen LogP contribution in [0.5, 0.6) is 11.5 Å². The van der Waals surface area contributed by atoms with E-state index in [0.717, 1.165) is 40.7 Å². The van der Waals surface area contributed by atoms with Crippen molar-refractivity contribution < 1.29 is 14.3 Å². The highest BCUT2D eigenvalue weighted by Crippen LogP contribution is 2.36. The minimum Gasteiger partial charge on any atom is -0.493 e. The molecule has 9 heteroatoms. The first-order valence-electron chi connectivity index (χ1n) is 11.2. The second-order valence-corrected chi connectivity index (χ2v) is 8.55. The van der Waals surface area contributed by atoms with Crippen LogP contribution in [-0.2, 0) is 6.42 Å². The van der Waals surface area contributed by atoms with E-state index in [1.807, 2.05) is 36.4 Å². The van der Waals surface area contributed by atoms with Gasteiger partial charge in [-0.25, -0.2) is 14.8 Å². The van der Waals surface area contributed by atoms with E-state index in [9.17, 15) is 4.79 Å². The molecule has 4 aromatic rings. The molecule has 35 heavy (non-hydrogen) atoms. The molecule has 0 saturated heterocycles. The van der Waals surface area contributed by atoms with Gasteiger partial charge in [-0.15, -0.1) is 0 Å². The van der Waals surface area contributed by atoms with E-state index in [1.54, 1.807) is 31.3 Å². The Kier molecular flexibility index (Phi) is 6.29. The molecule has 0 radical (unpaired) electrons. The number of hydrogen-bond donors (Lipinski definition) is 2. The lowest BCUT2D eigenvalue weighted by Crippen LogP contribution is -2.38. The molecule has 1 aliphatic heterocycles. The second kappa shape index (κ2) is 9.68. The van der Waals surface area contributed by atoms with Gasteiger partial charge in [0.05, 0.1) is 19.7 Å². The zero-order valence-corrected chi connectivity index (χ0v) is 20.1. The smallest absolute Gasteiger partial charge is 0.326 e. The first kappa shape index (κ1) is 22.7. The van der Waals surface area contributed by atoms with Gasteiger partial charge >= 0.3 is 6.03 Å². The van der Waals surface area contributed by atoms with Crippen molar-refractivity contribution in [2.45, 2.75) is 12.8 Å². The van der Waals surface area contributed by atoms with E-state index >= 15 is 0 Å². The van der Waals surface area contributed by atoms with Gasteiger partial charge in [-0.2, -0.15) is 0 Å². The monoisotopic (exact) mass is 489 g/mol. The summed E-state index contributed by atoms with van der Waals surface area (Å²) in [4.78, 5) is 23.6. The minimum atomic E-state index is -0.184. The van der Waals surface area contributed by atoms with Gasteiger partial charge in [0.2, 0.25) is 0 Å². The highest BCUT2D eigenvalue weighted by Gasteiger charge is 2.23. The molecule has 0 saturated carbocycles. The number of rotatable bonds is 5. The van der Waals surface area contributed by atoms with Crippen LogP contribution in [0.2, 0.25) is 5.02 Å². The number of carbonyl (C=O) groups excluding carboxylic acids is 1. The molecule has 0 bridgehead atoms. The molecule has 0 spiro atoms. The maximum atomic E-state index is 13.0. The molecular formula is C26H24ClN5O3. The number of ether oxygens (including phenoxy) is 2. The number of hydrogen-bond acceptors (Lipinski definition) is 6. The number of urea groups is 1. The maximum absolute atomic E-state index is 13.0. The summed E-state index contributed by atoms with van der Waals surface area (Å²) in [6, 6.07) is 16.6. The number of fused-ring (bicyclic) bond motifs is 2. The lowest BCUT2D eigenvalue weighted by molar-refractivity contribution is 0.256. The Hall–Kier alpha value is -4.04. The summed E-state index contributed by atoms with van der Waals surface area (Å²) >= 11 is 6.05. The number of amides is 2. The van der Waals surface area contributed by atoms with Crippen molar-refractivity contribution in [3.05, 3.63) is 71.5 Å². The molecule has 0 aliphatic carbocycles. The molecule has 1 aromatic heterocycles. The van der Waals surface area contributed by atoms with E-state index in [-0.39, 0.29) is 6.03 Å². The van der Waals surface area contributed by atoms with E-state index in [2.05, 4.69) is 26.7 Å². The fourth-order valence-electron chi connectivity index (χ4n) is 4.26. The number of aromatic nitrogens is 2. The molecule has 5 rings (SSSR count). The van der Waals surface area contributed by atoms with Gasteiger partial charge < -0.3 is 20.1 Å². The number of nitrogens with one attached hydrogen (secondary N) is 2. The van der Waals surface area contributed by atoms with Crippen LogP contribution < -0.4 is 25.0 Å². The van der Waals surface area contributed by atoms with E-state index in [0.29, 0.717) is 34.6 Å². The maximum Gasteiger partial charge on any atom is 0.326 e. The molecular weight excluding hydrogens is 466 g/mol. The van der Waals surface area contributed by atoms with Gasteiger partial charge in [0.25, 0.3) is 0 Å². The van der Waals surface area contributed by atoms with Crippen LogP contribution in [0.15, 0.2) is 60.9 Å². The Morgan fingerprint density at radius 3 is 2.63 bits per heavy atom. The number of aryl methyl sites for hydroxylation is 1. The standard InChI is InChI=1S/C26H24ClN5O3/c1-34-23-13-20-21(14-24(23)35-2)28-15-29-25(20)30-19-8-9-22-16(11-19)5-4-10-32(22)26(33)31-18-7-3-6-17(27)12-18/h3,6-9,11-15H,4-5,10H2,1-2H3,(H,31,33)(H,28,29,30). The van der Waals surface area contributed by atoms with Crippen LogP contribution in [0, 0.1) is 0 Å². The molecule has 0 unspecified atom stereocenters. The summed E-state index contributed by atoms with van der Waals surface area (Å²) in [7, 11) is 3.19. The van der Waals surface area contributed by atoms with Crippen LogP contribution in [0.3, 0.4) is 0 Å². The van der Waals surface area contributed by atoms with Crippen molar-refractivity contribution in [3.8, 4) is 11.5 Å². The Bertz CT molecular complexity index is 1410. The predicted molar refractivity (Wildman–Crippen MR) is 139 cm³/mol. The van der Waals surface area contributed by atoms with E-state index in [4.69, 9.17) is 21.1 Å². The van der Waals surface area contributed by atoms with Crippen LogP contribution in [-0.4, -0.2) is 36.8 Å². The first-order chi connectivity index (χ1) is 17.1. The molecule has 178 valence electrons. The summed E-state index contributed by atoms with van der Waals surface area (Å²) in [6.45, 7) is 0.643. The fourth-order valence-corrected chi connectivity index (χ4v) is 4.45. The summed E-state index contributed by atoms with van der Waals surface area (Å²) in [5.74, 6) is 1.86. The highest BCUT2D eigenvalue weighted by molar-refractivity contribution is 6.30. The van der Waals surface area contributed by atoms with Crippen molar-refractivity contribution in [1.29, 1.82) is 0 Å². The molecule has 0 fully saturated rings. The Morgan fingerprint density at radius 1 is 1.00 bits per heavy atom. The quantitative estimate of drug-likeness (QED) is 0.356. The normalized spacial score (nSPS) is 12.7. The van der Waals surface area contributed by atoms with Gasteiger partial charge in [0.15, 0.2) is 11.5 Å². The highest BCUT2D eigenvalue weighted by atomic mass is 35.5. The van der Waals surface area contributed by atoms with Crippen molar-refractivity contribution in [1.82, 2.24) is 9.97 Å². The molecule has 2 N–H and O–H groups in total. The fraction of sp³-hybridized carbons (Fsp3) is 0.192. The molecule has 8 nitrogen and oxygen atoms in total. The Morgan fingerprint density at radius 2 is 1.83 bits per heavy atom. The Labute approximate surface area is 207 Å². The van der Waals surface area contributed by atoms with Crippen molar-refractivity contribution in [3.63, 3.8) is 0 Å². The topological polar surface area (TPSA) is 88.6 Å². The predicted octanol–water partition coefficient (Wildman–Crippen LogP) is 6.03. The van der Waals surface area contributed by atoms with E-state index < -0.39 is 0 Å². The number of nitrogens with zero attached hydrogens (tertiary/aromatic N) is 3. The van der Waals surface area contributed by atoms with Crippen molar-refractivity contribution >= 4 is 51.4 Å². The molecule has 3 aromatic carbocycles. The Balaban J connectivity index is 1.41. The number of methoxy groups -OCH3 is 2. The number of halogens is 1. The van der Waals surface area contributed by atoms with Gasteiger partial charge in [-0.05, 0) is 60.9 Å². The number of benzene rings is 3. The zero-order chi connectivity index (χ0) is 24.4. The summed E-state index contributed by atoms with van der Waals surface area (Å²) < 4.78 is 10.8. The van der Waals surface area contributed by atoms with Gasteiger partial charge in [-0.1, -0.05) is 17.7 Å². The average Bonchev–Trinajstić information content (AvgIpc) is 2.87. The third kappa shape index (κ3) is 4.65. The first-order valence-corrected chi connectivity index (χ1v) is 11.5. The lowest BCUT2D eigenvalue weighted by Gasteiger charge is -2.30. The molecule has 1 aliphatic rings. The minimum absolute atomic E-state index is 0.184. The average molecular weight is 490 g/mol. The third-order valence-corrected chi connectivity index (χ3v) is 6.16. The van der Waals surface area contributed by atoms with Gasteiger partial charge in [0.1, 0.15) is 12.1 Å². The third-order valence-electron chi connectivity index (χ3n) is 5.92. The van der Waals surface area contributed by atoms with Crippen molar-refractivity contribution in [2.75, 3.05) is 36.3 Å². The largest absolute Gasteiger partial charge is 0.493 e. The van der Waals surface area contributed by atoms with Crippen molar-refractivity contribution in [2.24, 2.45) is 0 Å². The van der Waals surface area contributed by atoms with Crippen LogP contribution >= 0.6 is 11.6 Å². The van der Waals surface area contributed by atoms with Gasteiger partial charge in [-0.3, -0.25) is 4.90 Å². The molecule has 2 amide bonds. The molecule has 0 atom stereocenters.